The SMILES string of the molecule is COC(=CC(=O)c1ccc(C(=O)O)c(C(=O)C=C(OC)c2ccc(OC)cc2)c1)c1ccc(OC)cc1. The lowest BCUT2D eigenvalue weighted by Crippen LogP contribution is -2.10. The van der Waals surface area contributed by atoms with E-state index in [2.05, 4.69) is 0 Å². The van der Waals surface area contributed by atoms with Crippen molar-refractivity contribution in [1.29, 1.82) is 0 Å². The molecule has 0 aromatic heterocycles. The van der Waals surface area contributed by atoms with Crippen LogP contribution in [0.1, 0.15) is 42.2 Å². The third-order valence-corrected chi connectivity index (χ3v) is 5.51. The standard InChI is InChI=1S/C29H26O8/c1-34-21-10-5-18(6-11-21)27(36-3)16-25(30)20-9-14-23(29(32)33)24(15-20)26(31)17-28(37-4)19-7-12-22(35-2)13-8-19/h5-17H,1-4H3,(H,32,33). The van der Waals surface area contributed by atoms with E-state index in [1.165, 1.54) is 51.7 Å². The molecular formula is C29H26O8. The second kappa shape index (κ2) is 12.2. The number of carbonyl (C=O) groups is 3. The first kappa shape index (κ1) is 26.7. The van der Waals surface area contributed by atoms with E-state index in [9.17, 15) is 19.5 Å². The van der Waals surface area contributed by atoms with Gasteiger partial charge >= 0.3 is 5.97 Å². The van der Waals surface area contributed by atoms with Gasteiger partial charge in [-0.1, -0.05) is 6.07 Å². The zero-order chi connectivity index (χ0) is 26.9. The Morgan fingerprint density at radius 1 is 0.595 bits per heavy atom. The van der Waals surface area contributed by atoms with E-state index < -0.39 is 17.5 Å². The van der Waals surface area contributed by atoms with Crippen LogP contribution in [0.3, 0.4) is 0 Å². The molecule has 1 N–H and O–H groups in total. The van der Waals surface area contributed by atoms with Crippen LogP contribution < -0.4 is 9.47 Å². The summed E-state index contributed by atoms with van der Waals surface area (Å²) in [6, 6.07) is 17.6. The third-order valence-electron chi connectivity index (χ3n) is 5.51. The summed E-state index contributed by atoms with van der Waals surface area (Å²) in [5, 5.41) is 9.64. The molecule has 0 unspecified atom stereocenters. The largest absolute Gasteiger partial charge is 0.497 e. The minimum absolute atomic E-state index is 0.119. The molecule has 8 nitrogen and oxygen atoms in total. The quantitative estimate of drug-likeness (QED) is 0.218. The van der Waals surface area contributed by atoms with Gasteiger partial charge in [-0.15, -0.1) is 0 Å². The predicted molar refractivity (Wildman–Crippen MR) is 138 cm³/mol. The van der Waals surface area contributed by atoms with Crippen LogP contribution in [0.5, 0.6) is 11.5 Å². The molecule has 0 aliphatic carbocycles. The predicted octanol–water partition coefficient (Wildman–Crippen LogP) is 5.14. The van der Waals surface area contributed by atoms with Gasteiger partial charge in [-0.25, -0.2) is 4.79 Å². The van der Waals surface area contributed by atoms with E-state index in [0.29, 0.717) is 28.4 Å². The summed E-state index contributed by atoms with van der Waals surface area (Å²) in [5.74, 6) is -0.606. The molecule has 0 spiro atoms. The number of methoxy groups -OCH3 is 4. The Morgan fingerprint density at radius 2 is 1.03 bits per heavy atom. The Hall–Kier alpha value is -4.85. The molecule has 0 aliphatic heterocycles. The number of hydrogen-bond donors (Lipinski definition) is 1. The number of carboxylic acids is 1. The smallest absolute Gasteiger partial charge is 0.336 e. The first-order valence-electron chi connectivity index (χ1n) is 11.1. The number of ketones is 2. The van der Waals surface area contributed by atoms with Crippen LogP contribution >= 0.6 is 0 Å². The van der Waals surface area contributed by atoms with Gasteiger partial charge < -0.3 is 24.1 Å². The molecule has 0 saturated carbocycles. The van der Waals surface area contributed by atoms with Crippen molar-refractivity contribution in [3.63, 3.8) is 0 Å². The van der Waals surface area contributed by atoms with Crippen LogP contribution in [-0.2, 0) is 9.47 Å². The Morgan fingerprint density at radius 3 is 1.43 bits per heavy atom. The average Bonchev–Trinajstić information content (AvgIpc) is 2.94. The summed E-state index contributed by atoms with van der Waals surface area (Å²) in [5.41, 5.74) is 0.954. The van der Waals surface area contributed by atoms with Crippen molar-refractivity contribution in [2.75, 3.05) is 28.4 Å². The summed E-state index contributed by atoms with van der Waals surface area (Å²) in [7, 11) is 5.92. The maximum absolute atomic E-state index is 13.2. The van der Waals surface area contributed by atoms with Crippen LogP contribution in [0, 0.1) is 0 Å². The van der Waals surface area contributed by atoms with Crippen LogP contribution in [0.15, 0.2) is 78.9 Å². The molecule has 0 aliphatic rings. The molecule has 3 aromatic rings. The van der Waals surface area contributed by atoms with Gasteiger partial charge in [0, 0.05) is 34.4 Å². The van der Waals surface area contributed by atoms with Crippen molar-refractivity contribution in [2.24, 2.45) is 0 Å². The molecule has 0 saturated heterocycles. The first-order valence-corrected chi connectivity index (χ1v) is 11.1. The Bertz CT molecular complexity index is 1350. The third kappa shape index (κ3) is 6.43. The van der Waals surface area contributed by atoms with Gasteiger partial charge in [0.15, 0.2) is 11.6 Å². The number of aromatic carboxylic acids is 1. The van der Waals surface area contributed by atoms with Gasteiger partial charge in [0.2, 0.25) is 0 Å². The Kier molecular flexibility index (Phi) is 8.83. The van der Waals surface area contributed by atoms with E-state index in [-0.39, 0.29) is 22.4 Å². The molecule has 3 aromatic carbocycles. The monoisotopic (exact) mass is 502 g/mol. The normalized spacial score (nSPS) is 11.5. The summed E-state index contributed by atoms with van der Waals surface area (Å²) in [6.45, 7) is 0. The summed E-state index contributed by atoms with van der Waals surface area (Å²) >= 11 is 0. The second-order valence-corrected chi connectivity index (χ2v) is 7.68. The summed E-state index contributed by atoms with van der Waals surface area (Å²) in [4.78, 5) is 38.0. The lowest BCUT2D eigenvalue weighted by atomic mass is 9.97. The van der Waals surface area contributed by atoms with Crippen LogP contribution in [0.25, 0.3) is 11.5 Å². The Balaban J connectivity index is 1.98. The maximum atomic E-state index is 13.2. The highest BCUT2D eigenvalue weighted by Gasteiger charge is 2.19. The van der Waals surface area contributed by atoms with E-state index in [4.69, 9.17) is 18.9 Å². The van der Waals surface area contributed by atoms with E-state index in [1.807, 2.05) is 0 Å². The van der Waals surface area contributed by atoms with Crippen molar-refractivity contribution in [3.8, 4) is 11.5 Å². The molecule has 0 amide bonds. The zero-order valence-electron chi connectivity index (χ0n) is 20.8. The fourth-order valence-electron chi connectivity index (χ4n) is 3.52. The van der Waals surface area contributed by atoms with Gasteiger partial charge in [0.25, 0.3) is 0 Å². The lowest BCUT2D eigenvalue weighted by Gasteiger charge is -2.10. The van der Waals surface area contributed by atoms with Gasteiger partial charge in [-0.3, -0.25) is 9.59 Å². The van der Waals surface area contributed by atoms with Crippen LogP contribution in [-0.4, -0.2) is 51.1 Å². The summed E-state index contributed by atoms with van der Waals surface area (Å²) in [6.07, 6.45) is 2.46. The Labute approximate surface area is 214 Å². The minimum atomic E-state index is -1.30. The number of carboxylic acid groups (broad SMARTS) is 1. The molecular weight excluding hydrogens is 476 g/mol. The fourth-order valence-corrected chi connectivity index (χ4v) is 3.52. The zero-order valence-corrected chi connectivity index (χ0v) is 20.8. The second-order valence-electron chi connectivity index (χ2n) is 7.68. The number of rotatable bonds is 11. The van der Waals surface area contributed by atoms with Crippen LogP contribution in [0.4, 0.5) is 0 Å². The number of allylic oxidation sites excluding steroid dienone is 2. The molecule has 190 valence electrons. The first-order chi connectivity index (χ1) is 17.8. The van der Waals surface area contributed by atoms with E-state index in [1.54, 1.807) is 55.6 Å². The van der Waals surface area contributed by atoms with Crippen molar-refractivity contribution >= 4 is 29.1 Å². The molecule has 3 rings (SSSR count). The molecule has 0 radical (unpaired) electrons. The van der Waals surface area contributed by atoms with Gasteiger partial charge in [0.05, 0.1) is 34.0 Å². The number of benzene rings is 3. The molecule has 0 atom stereocenters. The van der Waals surface area contributed by atoms with Crippen LogP contribution in [0.2, 0.25) is 0 Å². The van der Waals surface area contributed by atoms with Gasteiger partial charge in [0.1, 0.15) is 23.0 Å². The molecule has 8 heteroatoms. The summed E-state index contributed by atoms with van der Waals surface area (Å²) < 4.78 is 21.0. The molecule has 0 fully saturated rings. The van der Waals surface area contributed by atoms with Gasteiger partial charge in [-0.05, 0) is 60.7 Å². The molecule has 37 heavy (non-hydrogen) atoms. The van der Waals surface area contributed by atoms with Crippen molar-refractivity contribution in [1.82, 2.24) is 0 Å². The highest BCUT2D eigenvalue weighted by molar-refractivity contribution is 6.16. The average molecular weight is 503 g/mol. The fraction of sp³-hybridized carbons (Fsp3) is 0.138. The lowest BCUT2D eigenvalue weighted by molar-refractivity contribution is 0.0692. The maximum Gasteiger partial charge on any atom is 0.336 e. The highest BCUT2D eigenvalue weighted by Crippen LogP contribution is 2.23. The van der Waals surface area contributed by atoms with Crippen molar-refractivity contribution in [2.45, 2.75) is 0 Å². The van der Waals surface area contributed by atoms with E-state index in [0.717, 1.165) is 0 Å². The minimum Gasteiger partial charge on any atom is -0.497 e. The van der Waals surface area contributed by atoms with E-state index >= 15 is 0 Å². The van der Waals surface area contributed by atoms with Crippen molar-refractivity contribution in [3.05, 3.63) is 107 Å². The topological polar surface area (TPSA) is 108 Å². The number of carbonyl (C=O) groups excluding carboxylic acids is 2. The number of ether oxygens (including phenoxy) is 4. The number of hydrogen-bond acceptors (Lipinski definition) is 7. The highest BCUT2D eigenvalue weighted by atomic mass is 16.5. The van der Waals surface area contributed by atoms with Gasteiger partial charge in [-0.2, -0.15) is 0 Å². The van der Waals surface area contributed by atoms with Crippen molar-refractivity contribution < 1.29 is 38.4 Å². The molecule has 0 bridgehead atoms. The molecule has 0 heterocycles.